The number of esters is 1. The molecule has 0 N–H and O–H groups in total. The van der Waals surface area contributed by atoms with Gasteiger partial charge in [0.2, 0.25) is 0 Å². The van der Waals surface area contributed by atoms with Gasteiger partial charge in [0.05, 0.1) is 18.6 Å². The first kappa shape index (κ1) is 15.2. The van der Waals surface area contributed by atoms with E-state index in [0.29, 0.717) is 5.56 Å². The number of carbonyl (C=O) groups excluding carboxylic acids is 1. The fourth-order valence-electron chi connectivity index (χ4n) is 1.45. The zero-order valence-electron chi connectivity index (χ0n) is 11.0. The molecule has 0 amide bonds. The van der Waals surface area contributed by atoms with Crippen molar-refractivity contribution in [3.8, 4) is 11.8 Å². The molecular formula is C13H12N2O5. The predicted molar refractivity (Wildman–Crippen MR) is 69.9 cm³/mol. The van der Waals surface area contributed by atoms with Crippen LogP contribution in [0.4, 0.5) is 5.69 Å². The van der Waals surface area contributed by atoms with Gasteiger partial charge in [0.1, 0.15) is 11.6 Å². The Morgan fingerprint density at radius 1 is 1.55 bits per heavy atom. The maximum atomic E-state index is 11.4. The van der Waals surface area contributed by atoms with Crippen LogP contribution in [0.25, 0.3) is 6.08 Å². The molecule has 1 rings (SSSR count). The van der Waals surface area contributed by atoms with E-state index >= 15 is 0 Å². The quantitative estimate of drug-likeness (QED) is 0.268. The minimum atomic E-state index is -0.770. The van der Waals surface area contributed by atoms with E-state index in [9.17, 15) is 14.9 Å². The lowest BCUT2D eigenvalue weighted by molar-refractivity contribution is -0.385. The molecule has 0 spiro atoms. The zero-order valence-corrected chi connectivity index (χ0v) is 11.0. The predicted octanol–water partition coefficient (Wildman–Crippen LogP) is 2.07. The molecule has 0 unspecified atom stereocenters. The third kappa shape index (κ3) is 3.55. The van der Waals surface area contributed by atoms with Crippen molar-refractivity contribution in [3.63, 3.8) is 0 Å². The van der Waals surface area contributed by atoms with E-state index in [2.05, 4.69) is 0 Å². The van der Waals surface area contributed by atoms with Gasteiger partial charge in [-0.3, -0.25) is 10.1 Å². The average Bonchev–Trinajstić information content (AvgIpc) is 2.44. The highest BCUT2D eigenvalue weighted by molar-refractivity contribution is 5.98. The number of rotatable bonds is 5. The van der Waals surface area contributed by atoms with E-state index in [4.69, 9.17) is 14.7 Å². The van der Waals surface area contributed by atoms with Crippen molar-refractivity contribution in [3.05, 3.63) is 39.4 Å². The maximum absolute atomic E-state index is 11.4. The standard InChI is InChI=1S/C13H12N2O5/c1-3-20-13(16)10(8-14)6-9-4-5-12(19-2)11(7-9)15(17)18/h4-7H,3H2,1-2H3/b10-6+. The highest BCUT2D eigenvalue weighted by Gasteiger charge is 2.16. The second-order valence-corrected chi connectivity index (χ2v) is 3.58. The second kappa shape index (κ2) is 6.89. The molecule has 1 aromatic rings. The van der Waals surface area contributed by atoms with Gasteiger partial charge in [-0.1, -0.05) is 6.07 Å². The topological polar surface area (TPSA) is 102 Å². The van der Waals surface area contributed by atoms with Gasteiger partial charge in [-0.2, -0.15) is 5.26 Å². The molecule has 0 heterocycles. The molecule has 104 valence electrons. The van der Waals surface area contributed by atoms with Crippen LogP contribution in [0.3, 0.4) is 0 Å². The molecule has 0 radical (unpaired) electrons. The average molecular weight is 276 g/mol. The Morgan fingerprint density at radius 3 is 2.75 bits per heavy atom. The van der Waals surface area contributed by atoms with Crippen molar-refractivity contribution >= 4 is 17.7 Å². The normalized spacial score (nSPS) is 10.6. The van der Waals surface area contributed by atoms with Gasteiger partial charge < -0.3 is 9.47 Å². The van der Waals surface area contributed by atoms with E-state index in [0.717, 1.165) is 0 Å². The van der Waals surface area contributed by atoms with Crippen molar-refractivity contribution in [1.29, 1.82) is 5.26 Å². The highest BCUT2D eigenvalue weighted by atomic mass is 16.6. The van der Waals surface area contributed by atoms with Crippen LogP contribution >= 0.6 is 0 Å². The Kier molecular flexibility index (Phi) is 5.23. The van der Waals surface area contributed by atoms with Crippen molar-refractivity contribution in [2.75, 3.05) is 13.7 Å². The molecule has 1 aromatic carbocycles. The molecule has 0 aliphatic rings. The Hall–Kier alpha value is -2.88. The molecule has 0 saturated carbocycles. The van der Waals surface area contributed by atoms with E-state index in [1.807, 2.05) is 0 Å². The smallest absolute Gasteiger partial charge is 0.348 e. The number of hydrogen-bond donors (Lipinski definition) is 0. The molecule has 0 bridgehead atoms. The van der Waals surface area contributed by atoms with Crippen molar-refractivity contribution < 1.29 is 19.2 Å². The largest absolute Gasteiger partial charge is 0.490 e. The molecule has 0 fully saturated rings. The van der Waals surface area contributed by atoms with Gasteiger partial charge in [0.25, 0.3) is 0 Å². The number of nitro groups is 1. The Balaban J connectivity index is 3.20. The lowest BCUT2D eigenvalue weighted by Gasteiger charge is -2.03. The molecular weight excluding hydrogens is 264 g/mol. The SMILES string of the molecule is CCOC(=O)/C(C#N)=C/c1ccc(OC)c([N+](=O)[O-])c1. The Bertz CT molecular complexity index is 601. The lowest BCUT2D eigenvalue weighted by Crippen LogP contribution is -2.06. The van der Waals surface area contributed by atoms with E-state index < -0.39 is 10.9 Å². The summed E-state index contributed by atoms with van der Waals surface area (Å²) in [6.07, 6.45) is 1.23. The summed E-state index contributed by atoms with van der Waals surface area (Å²) in [6.45, 7) is 1.76. The molecule has 0 aromatic heterocycles. The minimum absolute atomic E-state index is 0.0989. The van der Waals surface area contributed by atoms with Gasteiger partial charge in [-0.25, -0.2) is 4.79 Å². The van der Waals surface area contributed by atoms with Gasteiger partial charge in [-0.15, -0.1) is 0 Å². The van der Waals surface area contributed by atoms with Gasteiger partial charge in [0, 0.05) is 6.07 Å². The van der Waals surface area contributed by atoms with E-state index in [-0.39, 0.29) is 23.6 Å². The number of ether oxygens (including phenoxy) is 2. The van der Waals surface area contributed by atoms with Crippen molar-refractivity contribution in [2.24, 2.45) is 0 Å². The summed E-state index contributed by atoms with van der Waals surface area (Å²) in [6, 6.07) is 5.81. The highest BCUT2D eigenvalue weighted by Crippen LogP contribution is 2.28. The molecule has 0 atom stereocenters. The van der Waals surface area contributed by atoms with Crippen molar-refractivity contribution in [2.45, 2.75) is 6.92 Å². The summed E-state index contributed by atoms with van der Waals surface area (Å²) in [5.41, 5.74) is -0.143. The van der Waals surface area contributed by atoms with Gasteiger partial charge in [0.15, 0.2) is 5.75 Å². The Morgan fingerprint density at radius 2 is 2.25 bits per heavy atom. The Labute approximate surface area is 115 Å². The van der Waals surface area contributed by atoms with Crippen LogP contribution < -0.4 is 4.74 Å². The number of nitro benzene ring substituents is 1. The maximum Gasteiger partial charge on any atom is 0.348 e. The van der Waals surface area contributed by atoms with Gasteiger partial charge >= 0.3 is 11.7 Å². The fraction of sp³-hybridized carbons (Fsp3) is 0.231. The van der Waals surface area contributed by atoms with E-state index in [1.54, 1.807) is 13.0 Å². The minimum Gasteiger partial charge on any atom is -0.490 e. The third-order valence-corrected chi connectivity index (χ3v) is 2.33. The summed E-state index contributed by atoms with van der Waals surface area (Å²) in [7, 11) is 1.32. The second-order valence-electron chi connectivity index (χ2n) is 3.58. The van der Waals surface area contributed by atoms with Gasteiger partial charge in [-0.05, 0) is 24.6 Å². The van der Waals surface area contributed by atoms with Crippen LogP contribution in [0.15, 0.2) is 23.8 Å². The summed E-state index contributed by atoms with van der Waals surface area (Å²) >= 11 is 0. The van der Waals surface area contributed by atoms with Crippen LogP contribution in [0, 0.1) is 21.4 Å². The number of methoxy groups -OCH3 is 1. The third-order valence-electron chi connectivity index (χ3n) is 2.33. The van der Waals surface area contributed by atoms with Crippen LogP contribution in [0.1, 0.15) is 12.5 Å². The summed E-state index contributed by atoms with van der Waals surface area (Å²) < 4.78 is 9.56. The van der Waals surface area contributed by atoms with Crippen molar-refractivity contribution in [1.82, 2.24) is 0 Å². The lowest BCUT2D eigenvalue weighted by atomic mass is 10.1. The first-order chi connectivity index (χ1) is 9.53. The number of carbonyl (C=O) groups is 1. The van der Waals surface area contributed by atoms with E-state index in [1.165, 1.54) is 31.4 Å². The number of benzene rings is 1. The number of nitrogens with zero attached hydrogens (tertiary/aromatic N) is 2. The molecule has 0 aliphatic heterocycles. The molecule has 0 saturated heterocycles. The zero-order chi connectivity index (χ0) is 15.1. The molecule has 0 aliphatic carbocycles. The summed E-state index contributed by atoms with van der Waals surface area (Å²) in [5.74, 6) is -0.671. The monoisotopic (exact) mass is 276 g/mol. The summed E-state index contributed by atoms with van der Waals surface area (Å²) in [4.78, 5) is 21.7. The van der Waals surface area contributed by atoms with Crippen LogP contribution in [-0.2, 0) is 9.53 Å². The molecule has 7 nitrogen and oxygen atoms in total. The summed E-state index contributed by atoms with van der Waals surface area (Å²) in [5, 5.41) is 19.8. The molecule has 20 heavy (non-hydrogen) atoms. The first-order valence-corrected chi connectivity index (χ1v) is 5.64. The van der Waals surface area contributed by atoms with Crippen LogP contribution in [0.2, 0.25) is 0 Å². The molecule has 7 heteroatoms. The number of hydrogen-bond acceptors (Lipinski definition) is 6. The van der Waals surface area contributed by atoms with Crippen LogP contribution in [0.5, 0.6) is 5.75 Å². The number of nitriles is 1. The first-order valence-electron chi connectivity index (χ1n) is 5.64. The fourth-order valence-corrected chi connectivity index (χ4v) is 1.45. The van der Waals surface area contributed by atoms with Crippen LogP contribution in [-0.4, -0.2) is 24.6 Å².